The van der Waals surface area contributed by atoms with Gasteiger partial charge in [-0.3, -0.25) is 4.31 Å². The number of benzene rings is 6. The zero-order chi connectivity index (χ0) is 38.0. The second kappa shape index (κ2) is 12.2. The standard InChI is InChI=1S/C54H42N2S/c1-33-24-25-49(43(26-33)34-14-5-4-6-15-34)55-38-30-42-37(27-35-16-7-9-18-39(35)42)29-46-51(55)31-44-40-19-10-8-17-36(40)28-45(44)52(46)41-20-13-22-48-53(41)56(57-32-38)50-23-12-11-21-47(50)54(48,2)3/h4-7,9-16,18-26,29-32H,8,17,27-28H2,1-3H3. The number of rotatable bonds is 2. The quantitative estimate of drug-likeness (QED) is 0.163. The van der Waals surface area contributed by atoms with E-state index in [1.165, 1.54) is 112 Å². The molecule has 6 aromatic rings. The lowest BCUT2D eigenvalue weighted by Gasteiger charge is -2.43. The molecule has 0 unspecified atom stereocenters. The molecular weight excluding hydrogens is 709 g/mol. The topological polar surface area (TPSA) is 6.48 Å². The van der Waals surface area contributed by atoms with Crippen LogP contribution >= 0.6 is 11.9 Å². The third-order valence-corrected chi connectivity index (χ3v) is 14.2. The second-order valence-electron chi connectivity index (χ2n) is 16.9. The Morgan fingerprint density at radius 1 is 0.667 bits per heavy atom. The van der Waals surface area contributed by atoms with Crippen LogP contribution in [0.15, 0.2) is 162 Å². The molecule has 2 nitrogen and oxygen atoms in total. The van der Waals surface area contributed by atoms with Gasteiger partial charge in [-0.1, -0.05) is 134 Å². The molecule has 0 radical (unpaired) electrons. The molecule has 274 valence electrons. The Hall–Kier alpha value is -6.03. The van der Waals surface area contributed by atoms with Crippen LogP contribution in [0.25, 0.3) is 39.5 Å². The summed E-state index contributed by atoms with van der Waals surface area (Å²) in [5, 5.41) is 2.44. The summed E-state index contributed by atoms with van der Waals surface area (Å²) in [4.78, 5) is 2.61. The van der Waals surface area contributed by atoms with Crippen LogP contribution < -0.4 is 9.21 Å². The Kier molecular flexibility index (Phi) is 7.11. The van der Waals surface area contributed by atoms with Crippen molar-refractivity contribution in [3.05, 3.63) is 206 Å². The van der Waals surface area contributed by atoms with Crippen molar-refractivity contribution in [1.29, 1.82) is 0 Å². The second-order valence-corrected chi connectivity index (χ2v) is 17.7. The van der Waals surface area contributed by atoms with Crippen LogP contribution in [0.2, 0.25) is 0 Å². The van der Waals surface area contributed by atoms with Crippen molar-refractivity contribution in [2.45, 2.75) is 51.9 Å². The van der Waals surface area contributed by atoms with Crippen LogP contribution in [0.3, 0.4) is 0 Å². The normalized spacial score (nSPS) is 17.6. The highest BCUT2D eigenvalue weighted by Gasteiger charge is 2.41. The Bertz CT molecular complexity index is 2920. The predicted molar refractivity (Wildman–Crippen MR) is 242 cm³/mol. The van der Waals surface area contributed by atoms with E-state index in [-0.39, 0.29) is 5.41 Å². The minimum absolute atomic E-state index is 0.176. The van der Waals surface area contributed by atoms with Gasteiger partial charge in [0.15, 0.2) is 0 Å². The lowest BCUT2D eigenvalue weighted by atomic mass is 9.72. The fourth-order valence-electron chi connectivity index (χ4n) is 10.6. The Morgan fingerprint density at radius 2 is 1.47 bits per heavy atom. The molecule has 0 N–H and O–H groups in total. The Balaban J connectivity index is 1.27. The summed E-state index contributed by atoms with van der Waals surface area (Å²) < 4.78 is 2.56. The summed E-state index contributed by atoms with van der Waals surface area (Å²) in [5.41, 5.74) is 27.8. The maximum Gasteiger partial charge on any atom is 0.0648 e. The van der Waals surface area contributed by atoms with E-state index in [0.29, 0.717) is 0 Å². The molecule has 3 heteroatoms. The van der Waals surface area contributed by atoms with Gasteiger partial charge < -0.3 is 4.90 Å². The number of hydrogen-bond donors (Lipinski definition) is 0. The Morgan fingerprint density at radius 3 is 2.39 bits per heavy atom. The first kappa shape index (κ1) is 33.1. The summed E-state index contributed by atoms with van der Waals surface area (Å²) in [7, 11) is 0. The van der Waals surface area contributed by atoms with E-state index in [1.807, 2.05) is 11.9 Å². The van der Waals surface area contributed by atoms with Gasteiger partial charge >= 0.3 is 0 Å². The summed E-state index contributed by atoms with van der Waals surface area (Å²) in [6.07, 6.45) is 14.0. The van der Waals surface area contributed by atoms with E-state index >= 15 is 0 Å². The van der Waals surface area contributed by atoms with Crippen molar-refractivity contribution in [1.82, 2.24) is 0 Å². The average molecular weight is 751 g/mol. The van der Waals surface area contributed by atoms with Crippen molar-refractivity contribution < 1.29 is 0 Å². The molecule has 3 aliphatic heterocycles. The molecule has 0 fully saturated rings. The fraction of sp³-hybridized carbons (Fsp3) is 0.148. The molecule has 0 atom stereocenters. The van der Waals surface area contributed by atoms with Gasteiger partial charge in [-0.25, -0.2) is 0 Å². The van der Waals surface area contributed by atoms with Crippen LogP contribution in [0, 0.1) is 6.92 Å². The molecular formula is C54H42N2S. The lowest BCUT2D eigenvalue weighted by molar-refractivity contribution is 0.635. The highest BCUT2D eigenvalue weighted by Crippen LogP contribution is 2.60. The van der Waals surface area contributed by atoms with Gasteiger partial charge in [0.05, 0.1) is 28.4 Å². The molecule has 4 bridgehead atoms. The molecule has 57 heavy (non-hydrogen) atoms. The Labute approximate surface area is 340 Å². The summed E-state index contributed by atoms with van der Waals surface area (Å²) in [5.74, 6) is 0. The van der Waals surface area contributed by atoms with Gasteiger partial charge in [-0.05, 0) is 142 Å². The molecule has 0 amide bonds. The zero-order valence-corrected chi connectivity index (χ0v) is 33.4. The van der Waals surface area contributed by atoms with Crippen LogP contribution in [0.5, 0.6) is 0 Å². The molecule has 0 aromatic heterocycles. The molecule has 6 aliphatic rings. The van der Waals surface area contributed by atoms with Gasteiger partial charge in [-0.15, -0.1) is 0 Å². The monoisotopic (exact) mass is 750 g/mol. The zero-order valence-electron chi connectivity index (χ0n) is 32.6. The van der Waals surface area contributed by atoms with Crippen molar-refractivity contribution in [2.24, 2.45) is 0 Å². The van der Waals surface area contributed by atoms with Gasteiger partial charge in [0, 0.05) is 27.5 Å². The van der Waals surface area contributed by atoms with Crippen molar-refractivity contribution >= 4 is 51.9 Å². The SMILES string of the molecule is Cc1ccc(N2C3=CSN4c5ccccc5C(C)(C)c5cccc(c54)-c4c(c2cc2c4CC4=C2C=CCC4)C=C2Cc4ccccc4C2=C3)c(-c2ccccc2)c1. The van der Waals surface area contributed by atoms with Crippen molar-refractivity contribution in [3.63, 3.8) is 0 Å². The van der Waals surface area contributed by atoms with Crippen LogP contribution in [-0.4, -0.2) is 0 Å². The van der Waals surface area contributed by atoms with Crippen LogP contribution in [0.1, 0.15) is 71.2 Å². The predicted octanol–water partition coefficient (Wildman–Crippen LogP) is 14.4. The number of anilines is 4. The summed E-state index contributed by atoms with van der Waals surface area (Å²) in [6.45, 7) is 7.04. The lowest BCUT2D eigenvalue weighted by Crippen LogP contribution is -2.30. The van der Waals surface area contributed by atoms with Crippen LogP contribution in [-0.2, 0) is 18.3 Å². The minimum atomic E-state index is -0.176. The summed E-state index contributed by atoms with van der Waals surface area (Å²) in [6, 6.07) is 45.8. The minimum Gasteiger partial charge on any atom is -0.309 e. The first-order valence-electron chi connectivity index (χ1n) is 20.4. The number of para-hydroxylation sites is 2. The molecule has 6 aromatic carbocycles. The van der Waals surface area contributed by atoms with Crippen LogP contribution in [0.4, 0.5) is 22.7 Å². The maximum absolute atomic E-state index is 2.61. The third-order valence-electron chi connectivity index (χ3n) is 13.3. The number of fused-ring (bicyclic) bond motifs is 10. The van der Waals surface area contributed by atoms with E-state index < -0.39 is 0 Å². The highest BCUT2D eigenvalue weighted by atomic mass is 32.2. The van der Waals surface area contributed by atoms with Crippen molar-refractivity contribution in [2.75, 3.05) is 9.21 Å². The first-order chi connectivity index (χ1) is 27.9. The summed E-state index contributed by atoms with van der Waals surface area (Å²) >= 11 is 1.83. The van der Waals surface area contributed by atoms with E-state index in [0.717, 1.165) is 25.7 Å². The van der Waals surface area contributed by atoms with E-state index in [9.17, 15) is 0 Å². The highest BCUT2D eigenvalue weighted by molar-refractivity contribution is 8.03. The largest absolute Gasteiger partial charge is 0.309 e. The fourth-order valence-corrected chi connectivity index (χ4v) is 11.6. The molecule has 0 saturated heterocycles. The number of aryl methyl sites for hydroxylation is 1. The van der Waals surface area contributed by atoms with E-state index in [4.69, 9.17) is 0 Å². The van der Waals surface area contributed by atoms with Crippen molar-refractivity contribution in [3.8, 4) is 22.3 Å². The van der Waals surface area contributed by atoms with Gasteiger partial charge in [0.1, 0.15) is 0 Å². The van der Waals surface area contributed by atoms with Gasteiger partial charge in [0.2, 0.25) is 0 Å². The molecule has 0 spiro atoms. The first-order valence-corrected chi connectivity index (χ1v) is 21.2. The molecule has 3 heterocycles. The average Bonchev–Trinajstić information content (AvgIpc) is 3.77. The molecule has 12 rings (SSSR count). The molecule has 0 saturated carbocycles. The third kappa shape index (κ3) is 4.79. The smallest absolute Gasteiger partial charge is 0.0648 e. The number of hydrogen-bond acceptors (Lipinski definition) is 3. The molecule has 3 aliphatic carbocycles. The number of allylic oxidation sites excluding steroid dienone is 7. The van der Waals surface area contributed by atoms with E-state index in [2.05, 4.69) is 181 Å². The van der Waals surface area contributed by atoms with Gasteiger partial charge in [0.25, 0.3) is 0 Å². The van der Waals surface area contributed by atoms with Gasteiger partial charge in [-0.2, -0.15) is 0 Å². The van der Waals surface area contributed by atoms with E-state index in [1.54, 1.807) is 5.57 Å². The number of nitrogens with zero attached hydrogens (tertiary/aromatic N) is 2. The maximum atomic E-state index is 2.61.